The number of carbonyl (C=O) groups excluding carboxylic acids is 4. The lowest BCUT2D eigenvalue weighted by Crippen LogP contribution is -2.58. The second kappa shape index (κ2) is 15.0. The van der Waals surface area contributed by atoms with Crippen molar-refractivity contribution in [3.63, 3.8) is 0 Å². The van der Waals surface area contributed by atoms with E-state index >= 15 is 0 Å². The van der Waals surface area contributed by atoms with Gasteiger partial charge < -0.3 is 28.8 Å². The van der Waals surface area contributed by atoms with E-state index in [1.165, 1.54) is 0 Å². The Bertz CT molecular complexity index is 715. The van der Waals surface area contributed by atoms with E-state index < -0.39 is 60.9 Å². The first-order valence-corrected chi connectivity index (χ1v) is 11.0. The molecule has 1 aliphatic heterocycles. The smallest absolute Gasteiger partial charge is 0.331 e. The fraction of sp³-hybridized carbons (Fsp3) is 0.682. The topological polar surface area (TPSA) is 152 Å². The lowest BCUT2D eigenvalue weighted by molar-refractivity contribution is -0.233. The predicted molar refractivity (Wildman–Crippen MR) is 112 cm³/mol. The van der Waals surface area contributed by atoms with Crippen molar-refractivity contribution < 1.29 is 52.8 Å². The van der Waals surface area contributed by atoms with Crippen molar-refractivity contribution >= 4 is 29.8 Å². The van der Waals surface area contributed by atoms with Gasteiger partial charge in [0.15, 0.2) is 18.3 Å². The van der Waals surface area contributed by atoms with Crippen LogP contribution in [-0.4, -0.2) is 72.6 Å². The Balaban J connectivity index is 3.10. The lowest BCUT2D eigenvalue weighted by atomic mass is 9.99. The minimum Gasteiger partial charge on any atom is -0.478 e. The highest BCUT2D eigenvalue weighted by Gasteiger charge is 2.47. The van der Waals surface area contributed by atoms with Crippen LogP contribution in [0, 0.1) is 0 Å². The average molecular weight is 472 g/mol. The third-order valence-electron chi connectivity index (χ3n) is 4.46. The minimum absolute atomic E-state index is 0.0836. The summed E-state index contributed by atoms with van der Waals surface area (Å²) >= 11 is 0. The largest absolute Gasteiger partial charge is 0.478 e. The highest BCUT2D eigenvalue weighted by atomic mass is 16.7. The lowest BCUT2D eigenvalue weighted by Gasteiger charge is -2.40. The maximum atomic E-state index is 12.3. The summed E-state index contributed by atoms with van der Waals surface area (Å²) in [7, 11) is 0. The minimum atomic E-state index is -1.33. The molecule has 0 bridgehead atoms. The molecule has 33 heavy (non-hydrogen) atoms. The Morgan fingerprint density at radius 3 is 1.85 bits per heavy atom. The number of carboxylic acid groups (broad SMARTS) is 1. The molecule has 1 saturated heterocycles. The molecular weight excluding hydrogens is 440 g/mol. The third-order valence-corrected chi connectivity index (χ3v) is 4.46. The van der Waals surface area contributed by atoms with Gasteiger partial charge in [-0.25, -0.2) is 9.59 Å². The van der Waals surface area contributed by atoms with Crippen LogP contribution < -0.4 is 0 Å². The second-order valence-electron chi connectivity index (χ2n) is 7.36. The molecule has 1 fully saturated rings. The van der Waals surface area contributed by atoms with Crippen LogP contribution in [0.25, 0.3) is 0 Å². The van der Waals surface area contributed by atoms with Gasteiger partial charge in [0.2, 0.25) is 0 Å². The first-order valence-electron chi connectivity index (χ1n) is 11.0. The number of carboxylic acids is 1. The number of hydrogen-bond donors (Lipinski definition) is 1. The summed E-state index contributed by atoms with van der Waals surface area (Å²) in [5, 5.41) is 8.61. The summed E-state index contributed by atoms with van der Waals surface area (Å²) in [6, 6.07) is 0. The Hall–Kier alpha value is -2.95. The van der Waals surface area contributed by atoms with Gasteiger partial charge in [-0.3, -0.25) is 14.4 Å². The molecule has 0 aromatic heterocycles. The summed E-state index contributed by atoms with van der Waals surface area (Å²) in [4.78, 5) is 58.9. The van der Waals surface area contributed by atoms with Crippen LogP contribution in [-0.2, 0) is 47.7 Å². The molecule has 0 unspecified atom stereocenters. The average Bonchev–Trinajstić information content (AvgIpc) is 2.74. The van der Waals surface area contributed by atoms with Crippen LogP contribution in [0.2, 0.25) is 0 Å². The third kappa shape index (κ3) is 10.5. The number of carbonyl (C=O) groups is 5. The molecule has 0 aromatic carbocycles. The fourth-order valence-electron chi connectivity index (χ4n) is 2.97. The van der Waals surface area contributed by atoms with Crippen LogP contribution >= 0.6 is 0 Å². The van der Waals surface area contributed by atoms with Gasteiger partial charge in [-0.1, -0.05) is 20.8 Å². The van der Waals surface area contributed by atoms with Crippen molar-refractivity contribution in [3.05, 3.63) is 12.2 Å². The summed E-state index contributed by atoms with van der Waals surface area (Å²) < 4.78 is 27.1. The molecule has 11 heteroatoms. The Morgan fingerprint density at radius 1 is 0.818 bits per heavy atom. The Kier molecular flexibility index (Phi) is 12.8. The molecule has 0 radical (unpaired) electrons. The monoisotopic (exact) mass is 472 g/mol. The van der Waals surface area contributed by atoms with E-state index in [1.807, 2.05) is 0 Å². The first kappa shape index (κ1) is 28.1. The van der Waals surface area contributed by atoms with Crippen LogP contribution in [0.4, 0.5) is 0 Å². The molecule has 1 heterocycles. The number of ether oxygens (including phenoxy) is 5. The van der Waals surface area contributed by atoms with E-state index in [0.717, 1.165) is 6.08 Å². The molecule has 0 aromatic rings. The van der Waals surface area contributed by atoms with E-state index in [0.29, 0.717) is 25.3 Å². The van der Waals surface area contributed by atoms with Gasteiger partial charge in [-0.15, -0.1) is 0 Å². The highest BCUT2D eigenvalue weighted by Crippen LogP contribution is 2.26. The van der Waals surface area contributed by atoms with Gasteiger partial charge >= 0.3 is 29.8 Å². The molecule has 0 spiro atoms. The van der Waals surface area contributed by atoms with Crippen molar-refractivity contribution in [2.75, 3.05) is 13.2 Å². The zero-order chi connectivity index (χ0) is 24.8. The molecular formula is C22H32O11. The quantitative estimate of drug-likeness (QED) is 0.237. The van der Waals surface area contributed by atoms with Crippen LogP contribution in [0.1, 0.15) is 59.3 Å². The van der Waals surface area contributed by atoms with Crippen molar-refractivity contribution in [3.8, 4) is 0 Å². The van der Waals surface area contributed by atoms with Gasteiger partial charge in [0, 0.05) is 31.4 Å². The zero-order valence-corrected chi connectivity index (χ0v) is 19.2. The zero-order valence-electron chi connectivity index (χ0n) is 19.2. The maximum absolute atomic E-state index is 12.3. The molecule has 4 atom stereocenters. The normalized spacial score (nSPS) is 22.4. The van der Waals surface area contributed by atoms with Crippen LogP contribution in [0.3, 0.4) is 0 Å². The van der Waals surface area contributed by atoms with E-state index in [4.69, 9.17) is 28.8 Å². The molecule has 1 rings (SSSR count). The van der Waals surface area contributed by atoms with Crippen molar-refractivity contribution in [2.45, 2.75) is 83.7 Å². The van der Waals surface area contributed by atoms with Gasteiger partial charge in [0.05, 0.1) is 6.61 Å². The number of rotatable bonds is 13. The van der Waals surface area contributed by atoms with E-state index in [-0.39, 0.29) is 25.9 Å². The molecule has 11 nitrogen and oxygen atoms in total. The molecule has 1 N–H and O–H groups in total. The van der Waals surface area contributed by atoms with E-state index in [2.05, 4.69) is 0 Å². The Morgan fingerprint density at radius 2 is 1.33 bits per heavy atom. The van der Waals surface area contributed by atoms with Gasteiger partial charge in [0.1, 0.15) is 12.7 Å². The molecule has 0 saturated carbocycles. The number of hydrogen-bond acceptors (Lipinski definition) is 10. The van der Waals surface area contributed by atoms with Crippen LogP contribution in [0.15, 0.2) is 12.2 Å². The molecule has 186 valence electrons. The summed E-state index contributed by atoms with van der Waals surface area (Å²) in [5.74, 6) is -3.96. The van der Waals surface area contributed by atoms with Gasteiger partial charge in [0.25, 0.3) is 0 Å². The predicted octanol–water partition coefficient (Wildman–Crippen LogP) is 1.70. The second-order valence-corrected chi connectivity index (χ2v) is 7.36. The van der Waals surface area contributed by atoms with Crippen molar-refractivity contribution in [1.29, 1.82) is 0 Å². The van der Waals surface area contributed by atoms with Gasteiger partial charge in [-0.2, -0.15) is 0 Å². The molecule has 1 aliphatic rings. The SMILES string of the molecule is CCCC(=O)O[C@H]1[C@H](OC(=O)CCC)[C@H](OC(=O)CCC)CO[C@H]1COC(=O)/C=C/C(=O)O. The standard InChI is InChI=1S/C22H32O11/c1-4-7-18(26)31-15-13-29-14(12-30-17(25)11-10-16(23)24)21(32-19(27)8-5-2)22(15)33-20(28)9-6-3/h10-11,14-15,21-22H,4-9,12-13H2,1-3H3,(H,23,24)/b11-10+/t14-,15+,21+,22+/m0/s1. The van der Waals surface area contributed by atoms with Crippen molar-refractivity contribution in [1.82, 2.24) is 0 Å². The fourth-order valence-corrected chi connectivity index (χ4v) is 2.97. The summed E-state index contributed by atoms with van der Waals surface area (Å²) in [5.41, 5.74) is 0. The number of aliphatic carboxylic acids is 1. The molecule has 0 amide bonds. The maximum Gasteiger partial charge on any atom is 0.331 e. The van der Waals surface area contributed by atoms with E-state index in [9.17, 15) is 24.0 Å². The van der Waals surface area contributed by atoms with Crippen LogP contribution in [0.5, 0.6) is 0 Å². The van der Waals surface area contributed by atoms with Gasteiger partial charge in [-0.05, 0) is 19.3 Å². The summed E-state index contributed by atoms with van der Waals surface area (Å²) in [6.07, 6.45) is -1.22. The highest BCUT2D eigenvalue weighted by molar-refractivity contribution is 5.90. The van der Waals surface area contributed by atoms with Crippen molar-refractivity contribution in [2.24, 2.45) is 0 Å². The first-order chi connectivity index (χ1) is 15.7. The number of esters is 4. The molecule has 0 aliphatic carbocycles. The van der Waals surface area contributed by atoms with E-state index in [1.54, 1.807) is 20.8 Å². The summed E-state index contributed by atoms with van der Waals surface area (Å²) in [6.45, 7) is 4.77. The Labute approximate surface area is 192 Å².